The highest BCUT2D eigenvalue weighted by atomic mass is 79.9. The zero-order chi connectivity index (χ0) is 13.8. The van der Waals surface area contributed by atoms with Crippen LogP contribution in [0.25, 0.3) is 0 Å². The summed E-state index contributed by atoms with van der Waals surface area (Å²) in [5, 5.41) is 0. The van der Waals surface area contributed by atoms with E-state index in [1.807, 2.05) is 0 Å². The summed E-state index contributed by atoms with van der Waals surface area (Å²) in [6.45, 7) is 1.11. The number of rotatable bonds is 4. The minimum atomic E-state index is -0.0320. The highest BCUT2D eigenvalue weighted by Crippen LogP contribution is 2.23. The van der Waals surface area contributed by atoms with Crippen LogP contribution in [0.15, 0.2) is 22.9 Å². The molecule has 19 heavy (non-hydrogen) atoms. The van der Waals surface area contributed by atoms with Crippen LogP contribution in [-0.2, 0) is 9.47 Å². The standard InChI is InChI=1S/C13H17BrN2O3/c1-18-8-11-4-12(19-2)7-16(11)13(17)9-3-10(14)6-15-5-9/h3,5-6,11-12H,4,7-8H2,1-2H3/t11-,12-/m0/s1. The molecule has 0 aromatic carbocycles. The zero-order valence-electron chi connectivity index (χ0n) is 11.0. The molecular weight excluding hydrogens is 312 g/mol. The van der Waals surface area contributed by atoms with E-state index >= 15 is 0 Å². The van der Waals surface area contributed by atoms with Crippen LogP contribution in [0.4, 0.5) is 0 Å². The Balaban J connectivity index is 2.16. The molecule has 1 aromatic rings. The first kappa shape index (κ1) is 14.4. The molecule has 104 valence electrons. The summed E-state index contributed by atoms with van der Waals surface area (Å²) in [5.41, 5.74) is 0.576. The largest absolute Gasteiger partial charge is 0.383 e. The Bertz CT molecular complexity index is 455. The lowest BCUT2D eigenvalue weighted by molar-refractivity contribution is 0.0611. The molecule has 2 atom stereocenters. The van der Waals surface area contributed by atoms with E-state index in [9.17, 15) is 4.79 Å². The average Bonchev–Trinajstić information content (AvgIpc) is 2.81. The Hall–Kier alpha value is -0.980. The third-order valence-electron chi connectivity index (χ3n) is 3.28. The first-order chi connectivity index (χ1) is 9.15. The van der Waals surface area contributed by atoms with E-state index < -0.39 is 0 Å². The molecule has 6 heteroatoms. The van der Waals surface area contributed by atoms with Crippen molar-refractivity contribution in [2.75, 3.05) is 27.4 Å². The smallest absolute Gasteiger partial charge is 0.255 e. The zero-order valence-corrected chi connectivity index (χ0v) is 12.6. The number of carbonyl (C=O) groups excluding carboxylic acids is 1. The van der Waals surface area contributed by atoms with Gasteiger partial charge >= 0.3 is 0 Å². The van der Waals surface area contributed by atoms with Gasteiger partial charge in [-0.3, -0.25) is 9.78 Å². The molecule has 1 aliphatic rings. The first-order valence-corrected chi connectivity index (χ1v) is 6.88. The number of carbonyl (C=O) groups is 1. The molecule has 0 aliphatic carbocycles. The maximum Gasteiger partial charge on any atom is 0.255 e. The molecule has 0 bridgehead atoms. The van der Waals surface area contributed by atoms with E-state index in [1.54, 1.807) is 37.6 Å². The molecule has 1 amide bonds. The lowest BCUT2D eigenvalue weighted by Gasteiger charge is -2.23. The Morgan fingerprint density at radius 3 is 2.95 bits per heavy atom. The predicted octanol–water partition coefficient (Wildman–Crippen LogP) is 1.72. The van der Waals surface area contributed by atoms with Gasteiger partial charge in [-0.2, -0.15) is 0 Å². The second kappa shape index (κ2) is 6.45. The molecular formula is C13H17BrN2O3. The fourth-order valence-electron chi connectivity index (χ4n) is 2.34. The van der Waals surface area contributed by atoms with Crippen molar-refractivity contribution in [1.82, 2.24) is 9.88 Å². The summed E-state index contributed by atoms with van der Waals surface area (Å²) in [5.74, 6) is -0.0320. The number of aromatic nitrogens is 1. The summed E-state index contributed by atoms with van der Waals surface area (Å²) in [6.07, 6.45) is 4.11. The molecule has 2 rings (SSSR count). The number of pyridine rings is 1. The molecule has 1 fully saturated rings. The fraction of sp³-hybridized carbons (Fsp3) is 0.538. The Morgan fingerprint density at radius 2 is 2.32 bits per heavy atom. The number of halogens is 1. The molecule has 0 spiro atoms. The Morgan fingerprint density at radius 1 is 1.53 bits per heavy atom. The molecule has 5 nitrogen and oxygen atoms in total. The van der Waals surface area contributed by atoms with Crippen LogP contribution < -0.4 is 0 Å². The Kier molecular flexibility index (Phi) is 4.90. The van der Waals surface area contributed by atoms with Crippen molar-refractivity contribution < 1.29 is 14.3 Å². The first-order valence-electron chi connectivity index (χ1n) is 6.09. The number of ether oxygens (including phenoxy) is 2. The van der Waals surface area contributed by atoms with Gasteiger partial charge in [0.25, 0.3) is 5.91 Å². The van der Waals surface area contributed by atoms with Gasteiger partial charge in [0.05, 0.1) is 24.3 Å². The van der Waals surface area contributed by atoms with Crippen molar-refractivity contribution in [3.05, 3.63) is 28.5 Å². The lowest BCUT2D eigenvalue weighted by atomic mass is 10.2. The summed E-state index contributed by atoms with van der Waals surface area (Å²) < 4.78 is 11.3. The highest BCUT2D eigenvalue weighted by molar-refractivity contribution is 9.10. The molecule has 0 saturated carbocycles. The molecule has 2 heterocycles. The second-order valence-corrected chi connectivity index (χ2v) is 5.47. The van der Waals surface area contributed by atoms with Gasteiger partial charge < -0.3 is 14.4 Å². The highest BCUT2D eigenvalue weighted by Gasteiger charge is 2.35. The third-order valence-corrected chi connectivity index (χ3v) is 3.71. The van der Waals surface area contributed by atoms with Crippen LogP contribution >= 0.6 is 15.9 Å². The number of hydrogen-bond acceptors (Lipinski definition) is 4. The second-order valence-electron chi connectivity index (χ2n) is 4.55. The van der Waals surface area contributed by atoms with E-state index in [0.29, 0.717) is 18.7 Å². The van der Waals surface area contributed by atoms with Crippen molar-refractivity contribution in [1.29, 1.82) is 0 Å². The summed E-state index contributed by atoms with van der Waals surface area (Å²) in [7, 11) is 3.31. The minimum Gasteiger partial charge on any atom is -0.383 e. The number of likely N-dealkylation sites (tertiary alicyclic amines) is 1. The molecule has 0 N–H and O–H groups in total. The van der Waals surface area contributed by atoms with Crippen molar-refractivity contribution in [2.24, 2.45) is 0 Å². The maximum absolute atomic E-state index is 12.5. The maximum atomic E-state index is 12.5. The Labute approximate surface area is 121 Å². The van der Waals surface area contributed by atoms with Crippen LogP contribution in [0.2, 0.25) is 0 Å². The normalized spacial score (nSPS) is 22.8. The molecule has 0 unspecified atom stereocenters. The molecule has 1 aliphatic heterocycles. The predicted molar refractivity (Wildman–Crippen MR) is 74.1 cm³/mol. The van der Waals surface area contributed by atoms with E-state index in [4.69, 9.17) is 9.47 Å². The number of amides is 1. The van der Waals surface area contributed by atoms with Gasteiger partial charge in [0, 0.05) is 37.6 Å². The quantitative estimate of drug-likeness (QED) is 0.844. The fourth-order valence-corrected chi connectivity index (χ4v) is 2.70. The van der Waals surface area contributed by atoms with Crippen LogP contribution in [-0.4, -0.2) is 55.3 Å². The molecule has 1 saturated heterocycles. The van der Waals surface area contributed by atoms with Gasteiger partial charge in [-0.05, 0) is 28.4 Å². The number of nitrogens with zero attached hydrogens (tertiary/aromatic N) is 2. The monoisotopic (exact) mass is 328 g/mol. The molecule has 1 aromatic heterocycles. The van der Waals surface area contributed by atoms with E-state index in [-0.39, 0.29) is 18.1 Å². The summed E-state index contributed by atoms with van der Waals surface area (Å²) >= 11 is 3.33. The topological polar surface area (TPSA) is 51.7 Å². The van der Waals surface area contributed by atoms with Crippen LogP contribution in [0.5, 0.6) is 0 Å². The van der Waals surface area contributed by atoms with E-state index in [1.165, 1.54) is 0 Å². The molecule has 0 radical (unpaired) electrons. The van der Waals surface area contributed by atoms with Crippen LogP contribution in [0.3, 0.4) is 0 Å². The summed E-state index contributed by atoms with van der Waals surface area (Å²) in [6, 6.07) is 1.83. The SMILES string of the molecule is COC[C@@H]1C[C@H](OC)CN1C(=O)c1cncc(Br)c1. The minimum absolute atomic E-state index is 0.0320. The van der Waals surface area contributed by atoms with E-state index in [0.717, 1.165) is 10.9 Å². The van der Waals surface area contributed by atoms with Crippen molar-refractivity contribution >= 4 is 21.8 Å². The summed E-state index contributed by atoms with van der Waals surface area (Å²) in [4.78, 5) is 18.3. The number of methoxy groups -OCH3 is 2. The van der Waals surface area contributed by atoms with Crippen molar-refractivity contribution in [3.63, 3.8) is 0 Å². The van der Waals surface area contributed by atoms with Gasteiger partial charge in [-0.25, -0.2) is 0 Å². The lowest BCUT2D eigenvalue weighted by Crippen LogP contribution is -2.38. The van der Waals surface area contributed by atoms with Crippen LogP contribution in [0.1, 0.15) is 16.8 Å². The average molecular weight is 329 g/mol. The van der Waals surface area contributed by atoms with Gasteiger partial charge in [-0.15, -0.1) is 0 Å². The van der Waals surface area contributed by atoms with Crippen LogP contribution in [0, 0.1) is 0 Å². The van der Waals surface area contributed by atoms with Gasteiger partial charge in [0.15, 0.2) is 0 Å². The van der Waals surface area contributed by atoms with Gasteiger partial charge in [0.1, 0.15) is 0 Å². The van der Waals surface area contributed by atoms with Gasteiger partial charge in [0.2, 0.25) is 0 Å². The number of hydrogen-bond donors (Lipinski definition) is 0. The van der Waals surface area contributed by atoms with Gasteiger partial charge in [-0.1, -0.05) is 0 Å². The van der Waals surface area contributed by atoms with E-state index in [2.05, 4.69) is 20.9 Å². The third kappa shape index (κ3) is 3.32. The van der Waals surface area contributed by atoms with Crippen molar-refractivity contribution in [3.8, 4) is 0 Å². The van der Waals surface area contributed by atoms with Crippen molar-refractivity contribution in [2.45, 2.75) is 18.6 Å².